The van der Waals surface area contributed by atoms with Gasteiger partial charge in [-0.25, -0.2) is 0 Å². The molecule has 2 rings (SSSR count). The number of morpholine rings is 1. The molecule has 550 valence electrons. The molecule has 23 nitrogen and oxygen atoms in total. The summed E-state index contributed by atoms with van der Waals surface area (Å²) >= 11 is 0. The first-order valence-electron chi connectivity index (χ1n) is 35.5. The average Bonchev–Trinajstić information content (AvgIpc) is 0.802. The molecule has 23 heteroatoms. The molecular weight excluding hydrogens is 1230 g/mol. The molecule has 0 aromatic rings. The zero-order chi connectivity index (χ0) is 73.8. The zero-order valence-electron chi connectivity index (χ0n) is 63.8. The number of aliphatic hydroxyl groups excluding tert-OH is 1. The Bertz CT molecular complexity index is 2630. The van der Waals surface area contributed by atoms with E-state index in [2.05, 4.69) is 24.1 Å². The number of allylic oxidation sites excluding steroid dienone is 2. The van der Waals surface area contributed by atoms with Crippen molar-refractivity contribution in [3.05, 3.63) is 12.2 Å². The van der Waals surface area contributed by atoms with Gasteiger partial charge in [-0.15, -0.1) is 0 Å². The molecule has 0 bridgehead atoms. The van der Waals surface area contributed by atoms with Crippen molar-refractivity contribution in [1.82, 2.24) is 44.5 Å². The second-order valence-electron chi connectivity index (χ2n) is 30.3. The summed E-state index contributed by atoms with van der Waals surface area (Å²) in [6.07, 6.45) is 1.89. The molecule has 0 radical (unpaired) electrons. The lowest BCUT2D eigenvalue weighted by atomic mass is 9.83. The third-order valence-corrected chi connectivity index (χ3v) is 19.9. The number of carbonyl (C=O) groups excluding carboxylic acids is 11. The highest BCUT2D eigenvalue weighted by molar-refractivity contribution is 6.00. The van der Waals surface area contributed by atoms with Crippen LogP contribution in [0.15, 0.2) is 12.2 Å². The molecule has 96 heavy (non-hydrogen) atoms. The van der Waals surface area contributed by atoms with E-state index < -0.39 is 149 Å². The van der Waals surface area contributed by atoms with Crippen molar-refractivity contribution in [2.45, 2.75) is 250 Å². The van der Waals surface area contributed by atoms with Crippen LogP contribution in [0.3, 0.4) is 0 Å². The molecule has 0 saturated carbocycles. The van der Waals surface area contributed by atoms with E-state index in [1.807, 2.05) is 54.5 Å². The topological polar surface area (TPSA) is 264 Å². The van der Waals surface area contributed by atoms with Crippen LogP contribution in [-0.4, -0.2) is 258 Å². The number of hydrogen-bond acceptors (Lipinski definition) is 15. The van der Waals surface area contributed by atoms with Crippen molar-refractivity contribution in [2.24, 2.45) is 59.2 Å². The fourth-order valence-corrected chi connectivity index (χ4v) is 13.4. The van der Waals surface area contributed by atoms with Crippen molar-refractivity contribution in [3.8, 4) is 0 Å². The number of carbonyl (C=O) groups is 11. The molecule has 2 heterocycles. The quantitative estimate of drug-likeness (QED) is 0.128. The van der Waals surface area contributed by atoms with E-state index in [9.17, 15) is 24.3 Å². The number of Topliss-reactive ketones (excluding diaryl/α,β-unsaturated/α-hetero) is 3. The Hall–Kier alpha value is -5.65. The largest absolute Gasteiger partial charge is 0.390 e. The third-order valence-electron chi connectivity index (χ3n) is 19.9. The highest BCUT2D eigenvalue weighted by Crippen LogP contribution is 2.30. The van der Waals surface area contributed by atoms with E-state index in [4.69, 9.17) is 9.47 Å². The summed E-state index contributed by atoms with van der Waals surface area (Å²) < 4.78 is 12.4. The summed E-state index contributed by atoms with van der Waals surface area (Å²) in [4.78, 5) is 176. The molecule has 0 aromatic heterocycles. The van der Waals surface area contributed by atoms with Crippen molar-refractivity contribution < 1.29 is 67.3 Å². The molecule has 15 atom stereocenters. The SMILES string of the molecule is C/C=C/C[C@@H](C)C(O)[C@H]1C(=O)N[C@@H](CC)C(=O)N(C)[C@H](C)C(=O)N(C)[C@@H]([C@H](C)COCC2CN(C(C)C)CCO2)C(=O)C[C@@H](C(C)C)C(=O)N(C)[C@@H](CC(C)C)C(=O)C[C@@H](C)C(=O)C[C@H](C)C(=O)N(C)[C@@H](CC(C)C)C(=O)N(C)[C@@H](CC(C)C)C(=O)N(C)[C@@H](C(C)C)C(=O)N1C. The van der Waals surface area contributed by atoms with Crippen LogP contribution in [-0.2, 0) is 62.2 Å². The van der Waals surface area contributed by atoms with Gasteiger partial charge in [-0.3, -0.25) is 57.6 Å². The number of nitrogens with one attached hydrogen (secondary N) is 1. The minimum atomic E-state index is -1.63. The number of ether oxygens (including phenoxy) is 2. The molecule has 0 aliphatic carbocycles. The molecule has 2 aliphatic rings. The first-order chi connectivity index (χ1) is 44.5. The van der Waals surface area contributed by atoms with Gasteiger partial charge in [0.05, 0.1) is 44.1 Å². The second kappa shape index (κ2) is 39.8. The van der Waals surface area contributed by atoms with Gasteiger partial charge < -0.3 is 54.2 Å². The minimum absolute atomic E-state index is 0.00447. The van der Waals surface area contributed by atoms with Gasteiger partial charge in [-0.2, -0.15) is 0 Å². The van der Waals surface area contributed by atoms with Crippen molar-refractivity contribution >= 4 is 64.6 Å². The van der Waals surface area contributed by atoms with Crippen LogP contribution < -0.4 is 5.32 Å². The van der Waals surface area contributed by atoms with E-state index in [0.29, 0.717) is 19.6 Å². The number of ketones is 3. The number of amides is 8. The number of likely N-dealkylation sites (N-methyl/N-ethyl adjacent to an activating group) is 7. The molecule has 2 aliphatic heterocycles. The van der Waals surface area contributed by atoms with Crippen LogP contribution >= 0.6 is 0 Å². The zero-order valence-corrected chi connectivity index (χ0v) is 63.8. The Morgan fingerprint density at radius 3 is 1.53 bits per heavy atom. The van der Waals surface area contributed by atoms with Crippen LogP contribution in [0, 0.1) is 59.2 Å². The third kappa shape index (κ3) is 23.8. The maximum absolute atomic E-state index is 15.3. The molecule has 8 amide bonds. The van der Waals surface area contributed by atoms with Crippen molar-refractivity contribution in [1.29, 1.82) is 0 Å². The average molecular weight is 1360 g/mol. The summed E-state index contributed by atoms with van der Waals surface area (Å²) in [6, 6.07) is -9.60. The number of nitrogens with zero attached hydrogens (tertiary/aromatic N) is 8. The summed E-state index contributed by atoms with van der Waals surface area (Å²) in [5, 5.41) is 15.1. The highest BCUT2D eigenvalue weighted by atomic mass is 16.5. The van der Waals surface area contributed by atoms with E-state index in [1.165, 1.54) is 85.7 Å². The Morgan fingerprint density at radius 1 is 0.542 bits per heavy atom. The number of rotatable bonds is 19. The Kier molecular flexibility index (Phi) is 35.8. The normalized spacial score (nSPS) is 28.5. The number of aliphatic hydroxyl groups is 1. The van der Waals surface area contributed by atoms with E-state index in [0.717, 1.165) is 11.4 Å². The Balaban J connectivity index is 3.04. The highest BCUT2D eigenvalue weighted by Gasteiger charge is 2.47. The smallest absolute Gasteiger partial charge is 0.246 e. The monoisotopic (exact) mass is 1360 g/mol. The van der Waals surface area contributed by atoms with Gasteiger partial charge in [-0.1, -0.05) is 116 Å². The molecule has 0 spiro atoms. The number of hydrogen-bond donors (Lipinski definition) is 2. The summed E-state index contributed by atoms with van der Waals surface area (Å²) in [7, 11) is 10.2. The maximum Gasteiger partial charge on any atom is 0.246 e. The van der Waals surface area contributed by atoms with Crippen molar-refractivity contribution in [2.75, 3.05) is 82.2 Å². The summed E-state index contributed by atoms with van der Waals surface area (Å²) in [6.45, 7) is 36.5. The van der Waals surface area contributed by atoms with E-state index in [1.54, 1.807) is 68.4 Å². The van der Waals surface area contributed by atoms with Gasteiger partial charge in [0.15, 0.2) is 11.6 Å². The fraction of sp³-hybridized carbons (Fsp3) is 0.822. The molecule has 2 N–H and O–H groups in total. The molecule has 0 aromatic carbocycles. The van der Waals surface area contributed by atoms with Gasteiger partial charge >= 0.3 is 0 Å². The van der Waals surface area contributed by atoms with E-state index in [-0.39, 0.29) is 99.6 Å². The summed E-state index contributed by atoms with van der Waals surface area (Å²) in [5.41, 5.74) is 0. The second-order valence-corrected chi connectivity index (χ2v) is 30.3. The Labute approximate surface area is 577 Å². The van der Waals surface area contributed by atoms with Gasteiger partial charge in [0.2, 0.25) is 47.3 Å². The predicted molar refractivity (Wildman–Crippen MR) is 374 cm³/mol. The standard InChI is InChI=1S/C73H129N9O14/c1-27-29-30-48(15)65(86)64-66(87)74-55(28-2)70(91)75(20)52(19)68(89)80(25)63(51(18)40-95-41-53-39-82(47(13)14)31-32-96-53)61(85)38-54(45(9)10)69(90)76(21)56(33-42(3)4)60(84)36-49(16)59(83)37-50(17)67(88)77(22)57(34-43(5)6)71(92)78(23)58(35-44(7)8)72(93)79(24)62(46(11)12)73(94)81(64)26/h27,29,42-58,62-65,86H,28,30-41H2,1-26H3,(H,74,87)/b29-27+/t48-,49-,50+,51-,52-,53?,54+,55+,56+,57+,58+,62+,63+,64+,65?/m1/s1. The molecule has 2 fully saturated rings. The minimum Gasteiger partial charge on any atom is -0.390 e. The lowest BCUT2D eigenvalue weighted by Gasteiger charge is -2.41. The van der Waals surface area contributed by atoms with E-state index >= 15 is 33.6 Å². The maximum atomic E-state index is 15.3. The molecular formula is C73H129N9O14. The van der Waals surface area contributed by atoms with Crippen LogP contribution in [0.5, 0.6) is 0 Å². The van der Waals surface area contributed by atoms with Gasteiger partial charge in [0.25, 0.3) is 0 Å². The van der Waals surface area contributed by atoms with Crippen molar-refractivity contribution in [3.63, 3.8) is 0 Å². The van der Waals surface area contributed by atoms with Crippen LogP contribution in [0.2, 0.25) is 0 Å². The predicted octanol–water partition coefficient (Wildman–Crippen LogP) is 6.65. The fourth-order valence-electron chi connectivity index (χ4n) is 13.4. The van der Waals surface area contributed by atoms with Crippen LogP contribution in [0.4, 0.5) is 0 Å². The van der Waals surface area contributed by atoms with Crippen LogP contribution in [0.1, 0.15) is 183 Å². The van der Waals surface area contributed by atoms with Crippen LogP contribution in [0.25, 0.3) is 0 Å². The van der Waals surface area contributed by atoms with Gasteiger partial charge in [0, 0.05) is 111 Å². The Morgan fingerprint density at radius 2 is 1.03 bits per heavy atom. The lowest BCUT2D eigenvalue weighted by molar-refractivity contribution is -0.157. The lowest BCUT2D eigenvalue weighted by Crippen LogP contribution is -2.63. The van der Waals surface area contributed by atoms with Gasteiger partial charge in [0.1, 0.15) is 42.0 Å². The first-order valence-corrected chi connectivity index (χ1v) is 35.5. The van der Waals surface area contributed by atoms with Gasteiger partial charge in [-0.05, 0) is 95.3 Å². The molecule has 2 unspecified atom stereocenters. The first kappa shape index (κ1) is 86.4. The summed E-state index contributed by atoms with van der Waals surface area (Å²) in [5.74, 6) is -11.7. The molecule has 2 saturated heterocycles.